The van der Waals surface area contributed by atoms with E-state index in [-0.39, 0.29) is 23.1 Å². The Morgan fingerprint density at radius 2 is 1.88 bits per heavy atom. The topological polar surface area (TPSA) is 49.4 Å². The van der Waals surface area contributed by atoms with Crippen molar-refractivity contribution in [2.75, 3.05) is 13.1 Å². The van der Waals surface area contributed by atoms with Crippen LogP contribution in [0.25, 0.3) is 0 Å². The summed E-state index contributed by atoms with van der Waals surface area (Å²) in [5.41, 5.74) is -0.0370. The molecule has 2 aromatic rings. The third kappa shape index (κ3) is 3.45. The van der Waals surface area contributed by atoms with Gasteiger partial charge in [0.25, 0.3) is 5.91 Å². The first-order valence-corrected chi connectivity index (χ1v) is 11.1. The van der Waals surface area contributed by atoms with Crippen LogP contribution in [0.4, 0.5) is 0 Å². The number of thiophene rings is 2. The third-order valence-corrected chi connectivity index (χ3v) is 7.58. The number of rotatable bonds is 4. The van der Waals surface area contributed by atoms with Gasteiger partial charge in [0.15, 0.2) is 0 Å². The van der Waals surface area contributed by atoms with Gasteiger partial charge in [-0.1, -0.05) is 31.4 Å². The second kappa shape index (κ2) is 7.53. The lowest BCUT2D eigenvalue weighted by molar-refractivity contribution is -0.128. The second-order valence-electron chi connectivity index (χ2n) is 7.44. The Morgan fingerprint density at radius 3 is 2.58 bits per heavy atom. The van der Waals surface area contributed by atoms with Gasteiger partial charge in [-0.3, -0.25) is 9.59 Å². The number of carbonyl (C=O) groups excluding carboxylic acids is 2. The minimum absolute atomic E-state index is 0.0370. The maximum absolute atomic E-state index is 13.0. The van der Waals surface area contributed by atoms with E-state index in [0.717, 1.165) is 37.1 Å². The largest absolute Gasteiger partial charge is 0.351 e. The fourth-order valence-corrected chi connectivity index (χ4v) is 5.85. The van der Waals surface area contributed by atoms with Crippen LogP contribution in [0, 0.1) is 11.3 Å². The zero-order valence-electron chi connectivity index (χ0n) is 14.8. The van der Waals surface area contributed by atoms with Crippen molar-refractivity contribution >= 4 is 34.5 Å². The van der Waals surface area contributed by atoms with Crippen LogP contribution in [-0.4, -0.2) is 29.8 Å². The Balaban J connectivity index is 1.50. The average molecular weight is 389 g/mol. The van der Waals surface area contributed by atoms with Crippen LogP contribution < -0.4 is 5.32 Å². The van der Waals surface area contributed by atoms with Crippen molar-refractivity contribution in [3.63, 3.8) is 0 Å². The first-order valence-electron chi connectivity index (χ1n) is 9.31. The highest BCUT2D eigenvalue weighted by molar-refractivity contribution is 7.12. The van der Waals surface area contributed by atoms with Gasteiger partial charge in [-0.15, -0.1) is 22.7 Å². The van der Waals surface area contributed by atoms with Crippen molar-refractivity contribution in [3.05, 3.63) is 44.8 Å². The van der Waals surface area contributed by atoms with E-state index in [9.17, 15) is 9.59 Å². The number of likely N-dealkylation sites (tertiary alicyclic amines) is 1. The van der Waals surface area contributed by atoms with Crippen LogP contribution in [0.3, 0.4) is 0 Å². The zero-order chi connectivity index (χ0) is 18.0. The summed E-state index contributed by atoms with van der Waals surface area (Å²) in [6.07, 6.45) is 5.67. The summed E-state index contributed by atoms with van der Waals surface area (Å²) in [5.74, 6) is 0.104. The Kier molecular flexibility index (Phi) is 5.14. The molecule has 1 N–H and O–H groups in total. The van der Waals surface area contributed by atoms with Crippen LogP contribution in [-0.2, 0) is 11.3 Å². The van der Waals surface area contributed by atoms with Gasteiger partial charge in [0.05, 0.1) is 17.3 Å². The highest BCUT2D eigenvalue weighted by atomic mass is 32.1. The lowest BCUT2D eigenvalue weighted by Gasteiger charge is -2.37. The minimum atomic E-state index is -0.0910. The summed E-state index contributed by atoms with van der Waals surface area (Å²) in [7, 11) is 0. The summed E-state index contributed by atoms with van der Waals surface area (Å²) in [6, 6.07) is 7.84. The monoisotopic (exact) mass is 388 g/mol. The third-order valence-electron chi connectivity index (χ3n) is 5.85. The molecule has 4 rings (SSSR count). The fourth-order valence-electron chi connectivity index (χ4n) is 4.51. The maximum Gasteiger partial charge on any atom is 0.263 e. The molecule has 2 fully saturated rings. The zero-order valence-corrected chi connectivity index (χ0v) is 16.4. The van der Waals surface area contributed by atoms with E-state index in [4.69, 9.17) is 0 Å². The number of carbonyl (C=O) groups is 2. The molecule has 26 heavy (non-hydrogen) atoms. The number of hydrogen-bond donors (Lipinski definition) is 1. The normalized spacial score (nSPS) is 21.8. The summed E-state index contributed by atoms with van der Waals surface area (Å²) in [6.45, 7) is 1.86. The van der Waals surface area contributed by atoms with Gasteiger partial charge in [-0.2, -0.15) is 0 Å². The predicted molar refractivity (Wildman–Crippen MR) is 105 cm³/mol. The molecule has 1 atom stereocenters. The van der Waals surface area contributed by atoms with Crippen molar-refractivity contribution < 1.29 is 9.59 Å². The highest BCUT2D eigenvalue weighted by Crippen LogP contribution is 2.48. The molecule has 2 aromatic heterocycles. The number of nitrogens with one attached hydrogen (secondary N) is 1. The Bertz CT molecular complexity index is 749. The molecule has 6 heteroatoms. The molecule has 1 spiro atoms. The molecule has 1 aliphatic carbocycles. The summed E-state index contributed by atoms with van der Waals surface area (Å²) >= 11 is 3.14. The van der Waals surface area contributed by atoms with Crippen molar-refractivity contribution in [2.24, 2.45) is 11.3 Å². The molecule has 4 nitrogen and oxygen atoms in total. The number of amides is 2. The molecule has 2 aliphatic rings. The summed E-state index contributed by atoms with van der Waals surface area (Å²) in [4.78, 5) is 29.7. The van der Waals surface area contributed by atoms with Crippen LogP contribution in [0.2, 0.25) is 0 Å². The molecule has 1 saturated heterocycles. The SMILES string of the molecule is O=C(NCc1cccs1)[C@H]1CN(C(=O)c2cccs2)CC12CCCCC2. The van der Waals surface area contributed by atoms with Gasteiger partial charge < -0.3 is 10.2 Å². The highest BCUT2D eigenvalue weighted by Gasteiger charge is 2.51. The Hall–Kier alpha value is -1.66. The van der Waals surface area contributed by atoms with E-state index in [1.165, 1.54) is 22.6 Å². The predicted octanol–water partition coefficient (Wildman–Crippen LogP) is 4.15. The lowest BCUT2D eigenvalue weighted by atomic mass is 9.67. The molecule has 0 bridgehead atoms. The molecule has 1 aliphatic heterocycles. The van der Waals surface area contributed by atoms with E-state index in [0.29, 0.717) is 13.1 Å². The van der Waals surface area contributed by atoms with Crippen molar-refractivity contribution in [1.82, 2.24) is 10.2 Å². The van der Waals surface area contributed by atoms with Gasteiger partial charge in [-0.05, 0) is 35.7 Å². The fraction of sp³-hybridized carbons (Fsp3) is 0.500. The molecule has 0 unspecified atom stereocenters. The van der Waals surface area contributed by atoms with Gasteiger partial charge >= 0.3 is 0 Å². The minimum Gasteiger partial charge on any atom is -0.351 e. The lowest BCUT2D eigenvalue weighted by Crippen LogP contribution is -2.42. The number of nitrogens with zero attached hydrogens (tertiary/aromatic N) is 1. The van der Waals surface area contributed by atoms with Gasteiger partial charge in [0, 0.05) is 23.4 Å². The Labute approximate surface area is 162 Å². The van der Waals surface area contributed by atoms with Crippen LogP contribution in [0.5, 0.6) is 0 Å². The maximum atomic E-state index is 13.0. The van der Waals surface area contributed by atoms with Gasteiger partial charge in [0.1, 0.15) is 0 Å². The Morgan fingerprint density at radius 1 is 1.12 bits per heavy atom. The molecule has 1 saturated carbocycles. The van der Waals surface area contributed by atoms with Crippen LogP contribution >= 0.6 is 22.7 Å². The van der Waals surface area contributed by atoms with Crippen molar-refractivity contribution in [3.8, 4) is 0 Å². The van der Waals surface area contributed by atoms with E-state index >= 15 is 0 Å². The quantitative estimate of drug-likeness (QED) is 0.855. The second-order valence-corrected chi connectivity index (χ2v) is 9.42. The summed E-state index contributed by atoms with van der Waals surface area (Å²) < 4.78 is 0. The van der Waals surface area contributed by atoms with E-state index in [1.54, 1.807) is 11.3 Å². The standard InChI is InChI=1S/C20H24N2O2S2/c23-18(21-12-15-6-4-10-25-15)16-13-22(19(24)17-7-5-11-26-17)14-20(16)8-2-1-3-9-20/h4-7,10-11,16H,1-3,8-9,12-14H2,(H,21,23)/t16-/m1/s1. The first-order chi connectivity index (χ1) is 12.7. The van der Waals surface area contributed by atoms with Crippen LogP contribution in [0.1, 0.15) is 46.7 Å². The number of hydrogen-bond acceptors (Lipinski definition) is 4. The molecule has 2 amide bonds. The molecule has 3 heterocycles. The van der Waals surface area contributed by atoms with Gasteiger partial charge in [-0.25, -0.2) is 0 Å². The van der Waals surface area contributed by atoms with Gasteiger partial charge in [0.2, 0.25) is 5.91 Å². The smallest absolute Gasteiger partial charge is 0.263 e. The van der Waals surface area contributed by atoms with Crippen molar-refractivity contribution in [2.45, 2.75) is 38.6 Å². The van der Waals surface area contributed by atoms with E-state index in [1.807, 2.05) is 39.9 Å². The molecule has 0 radical (unpaired) electrons. The summed E-state index contributed by atoms with van der Waals surface area (Å²) in [5, 5.41) is 7.09. The van der Waals surface area contributed by atoms with E-state index < -0.39 is 0 Å². The molecule has 138 valence electrons. The average Bonchev–Trinajstić information content (AvgIpc) is 3.41. The van der Waals surface area contributed by atoms with Crippen molar-refractivity contribution in [1.29, 1.82) is 0 Å². The van der Waals surface area contributed by atoms with E-state index in [2.05, 4.69) is 5.32 Å². The van der Waals surface area contributed by atoms with Crippen LogP contribution in [0.15, 0.2) is 35.0 Å². The molecular formula is C20H24N2O2S2. The first kappa shape index (κ1) is 17.7. The molecule has 0 aromatic carbocycles. The molecular weight excluding hydrogens is 364 g/mol.